The van der Waals surface area contributed by atoms with Gasteiger partial charge in [-0.2, -0.15) is 0 Å². The van der Waals surface area contributed by atoms with Crippen molar-refractivity contribution in [3.05, 3.63) is 144 Å². The normalized spacial score (nSPS) is 9.58. The maximum absolute atomic E-state index is 11.6. The second-order valence-corrected chi connectivity index (χ2v) is 8.11. The lowest BCUT2D eigenvalue weighted by Crippen LogP contribution is -2.11. The van der Waals surface area contributed by atoms with Crippen molar-refractivity contribution < 1.29 is 28.6 Å². The van der Waals surface area contributed by atoms with Crippen LogP contribution in [0, 0.1) is 0 Å². The van der Waals surface area contributed by atoms with Gasteiger partial charge in [-0.15, -0.1) is 0 Å². The number of rotatable bonds is 6. The number of hydrogen-bond donors (Lipinski definition) is 0. The summed E-state index contributed by atoms with van der Waals surface area (Å²) in [6.45, 7) is 3.98. The van der Waals surface area contributed by atoms with Gasteiger partial charge in [0.1, 0.15) is 6.61 Å². The van der Waals surface area contributed by atoms with Crippen molar-refractivity contribution in [2.24, 2.45) is 0 Å². The standard InChI is InChI=1S/C14H12O2.C10H12O2.C8H8O2/c15-14(13-9-5-2-6-10-13)16-11-12-7-3-1-4-8-12;1-8(2)12-10(11)9-6-4-3-5-7-9;1-10-8(9)7-5-3-2-4-6-7/h1-10H,11H2;3-8H,1-2H3;2-6H,1H3. The number of methoxy groups -OCH3 is 1. The van der Waals surface area contributed by atoms with Gasteiger partial charge in [-0.3, -0.25) is 0 Å². The van der Waals surface area contributed by atoms with Crippen LogP contribution in [-0.2, 0) is 20.8 Å². The third-order valence-electron chi connectivity index (χ3n) is 4.77. The molecule has 0 aliphatic carbocycles. The highest BCUT2D eigenvalue weighted by Crippen LogP contribution is 2.06. The van der Waals surface area contributed by atoms with Gasteiger partial charge in [0.2, 0.25) is 0 Å². The molecule has 4 aromatic carbocycles. The summed E-state index contributed by atoms with van der Waals surface area (Å²) in [7, 11) is 1.37. The molecule has 38 heavy (non-hydrogen) atoms. The van der Waals surface area contributed by atoms with E-state index >= 15 is 0 Å². The zero-order valence-corrected chi connectivity index (χ0v) is 21.8. The van der Waals surface area contributed by atoms with Gasteiger partial charge in [0.05, 0.1) is 29.9 Å². The van der Waals surface area contributed by atoms with Crippen LogP contribution in [0.25, 0.3) is 0 Å². The van der Waals surface area contributed by atoms with Gasteiger partial charge in [0, 0.05) is 0 Å². The predicted octanol–water partition coefficient (Wildman–Crippen LogP) is 6.77. The Balaban J connectivity index is 0.000000207. The van der Waals surface area contributed by atoms with Crippen LogP contribution >= 0.6 is 0 Å². The van der Waals surface area contributed by atoms with E-state index in [9.17, 15) is 14.4 Å². The van der Waals surface area contributed by atoms with Gasteiger partial charge in [0.15, 0.2) is 0 Å². The highest BCUT2D eigenvalue weighted by Gasteiger charge is 2.07. The minimum Gasteiger partial charge on any atom is -0.465 e. The molecule has 6 heteroatoms. The molecule has 0 aliphatic heterocycles. The zero-order chi connectivity index (χ0) is 27.6. The lowest BCUT2D eigenvalue weighted by molar-refractivity contribution is 0.0376. The summed E-state index contributed by atoms with van der Waals surface area (Å²) in [4.78, 5) is 33.6. The molecular weight excluding hydrogens is 480 g/mol. The molecule has 0 radical (unpaired) electrons. The van der Waals surface area contributed by atoms with E-state index in [0.29, 0.717) is 23.3 Å². The number of carbonyl (C=O) groups excluding carboxylic acids is 3. The van der Waals surface area contributed by atoms with Gasteiger partial charge in [0.25, 0.3) is 0 Å². The van der Waals surface area contributed by atoms with Crippen LogP contribution in [0.4, 0.5) is 0 Å². The Labute approximate surface area is 223 Å². The number of benzene rings is 4. The summed E-state index contributed by atoms with van der Waals surface area (Å²) >= 11 is 0. The number of esters is 3. The largest absolute Gasteiger partial charge is 0.465 e. The van der Waals surface area contributed by atoms with E-state index in [-0.39, 0.29) is 24.0 Å². The number of ether oxygens (including phenoxy) is 3. The fourth-order valence-electron chi connectivity index (χ4n) is 2.93. The molecule has 0 bridgehead atoms. The van der Waals surface area contributed by atoms with E-state index in [1.165, 1.54) is 7.11 Å². The molecule has 0 N–H and O–H groups in total. The molecule has 0 fully saturated rings. The van der Waals surface area contributed by atoms with Gasteiger partial charge in [-0.25, -0.2) is 14.4 Å². The first-order valence-electron chi connectivity index (χ1n) is 12.1. The molecule has 6 nitrogen and oxygen atoms in total. The van der Waals surface area contributed by atoms with Crippen LogP contribution < -0.4 is 0 Å². The van der Waals surface area contributed by atoms with Gasteiger partial charge in [-0.1, -0.05) is 84.9 Å². The molecule has 0 saturated heterocycles. The topological polar surface area (TPSA) is 78.9 Å². The van der Waals surface area contributed by atoms with E-state index in [2.05, 4.69) is 4.74 Å². The maximum atomic E-state index is 11.6. The molecule has 0 amide bonds. The number of carbonyl (C=O) groups is 3. The maximum Gasteiger partial charge on any atom is 0.338 e. The van der Waals surface area contributed by atoms with Crippen molar-refractivity contribution in [2.75, 3.05) is 7.11 Å². The monoisotopic (exact) mass is 512 g/mol. The summed E-state index contributed by atoms with van der Waals surface area (Å²) in [5.74, 6) is -0.837. The van der Waals surface area contributed by atoms with Crippen molar-refractivity contribution in [3.8, 4) is 0 Å². The van der Waals surface area contributed by atoms with E-state index in [1.54, 1.807) is 48.5 Å². The van der Waals surface area contributed by atoms with Crippen LogP contribution in [0.5, 0.6) is 0 Å². The van der Waals surface area contributed by atoms with E-state index in [4.69, 9.17) is 9.47 Å². The average molecular weight is 513 g/mol. The zero-order valence-electron chi connectivity index (χ0n) is 21.8. The molecule has 0 spiro atoms. The van der Waals surface area contributed by atoms with Crippen molar-refractivity contribution in [2.45, 2.75) is 26.6 Å². The summed E-state index contributed by atoms with van der Waals surface area (Å²) in [6.07, 6.45) is -0.0577. The third-order valence-corrected chi connectivity index (χ3v) is 4.77. The van der Waals surface area contributed by atoms with Crippen LogP contribution in [0.1, 0.15) is 50.5 Å². The SMILES string of the molecule is CC(C)OC(=O)c1ccccc1.COC(=O)c1ccccc1.O=C(OCc1ccccc1)c1ccccc1. The lowest BCUT2D eigenvalue weighted by atomic mass is 10.2. The minimum atomic E-state index is -0.291. The fraction of sp³-hybridized carbons (Fsp3) is 0.156. The second-order valence-electron chi connectivity index (χ2n) is 8.11. The summed E-state index contributed by atoms with van der Waals surface area (Å²) in [5, 5.41) is 0. The highest BCUT2D eigenvalue weighted by atomic mass is 16.5. The van der Waals surface area contributed by atoms with Crippen LogP contribution in [0.15, 0.2) is 121 Å². The third kappa shape index (κ3) is 11.4. The second kappa shape index (κ2) is 16.9. The van der Waals surface area contributed by atoms with Gasteiger partial charge in [-0.05, 0) is 55.8 Å². The van der Waals surface area contributed by atoms with Crippen LogP contribution in [0.3, 0.4) is 0 Å². The van der Waals surface area contributed by atoms with Crippen LogP contribution in [-0.4, -0.2) is 31.1 Å². The molecule has 0 atom stereocenters. The molecule has 0 unspecified atom stereocenters. The Hall–Kier alpha value is -4.71. The highest BCUT2D eigenvalue weighted by molar-refractivity contribution is 5.90. The molecule has 4 aromatic rings. The van der Waals surface area contributed by atoms with E-state index in [1.807, 2.05) is 86.6 Å². The van der Waals surface area contributed by atoms with Crippen molar-refractivity contribution in [3.63, 3.8) is 0 Å². The van der Waals surface area contributed by atoms with E-state index in [0.717, 1.165) is 5.56 Å². The Morgan fingerprint density at radius 2 is 0.921 bits per heavy atom. The molecule has 0 aliphatic rings. The lowest BCUT2D eigenvalue weighted by Gasteiger charge is -2.06. The summed E-state index contributed by atoms with van der Waals surface area (Å²) < 4.78 is 14.7. The van der Waals surface area contributed by atoms with Gasteiger partial charge < -0.3 is 14.2 Å². The predicted molar refractivity (Wildman–Crippen MR) is 147 cm³/mol. The van der Waals surface area contributed by atoms with Crippen molar-refractivity contribution in [1.82, 2.24) is 0 Å². The fourth-order valence-corrected chi connectivity index (χ4v) is 2.93. The molecule has 4 rings (SSSR count). The van der Waals surface area contributed by atoms with Crippen LogP contribution in [0.2, 0.25) is 0 Å². The Kier molecular flexibility index (Phi) is 13.1. The minimum absolute atomic E-state index is 0.0577. The first-order valence-corrected chi connectivity index (χ1v) is 12.1. The average Bonchev–Trinajstić information content (AvgIpc) is 2.97. The first-order chi connectivity index (χ1) is 18.4. The summed E-state index contributed by atoms with van der Waals surface area (Å²) in [5.41, 5.74) is 2.77. The Bertz CT molecular complexity index is 1220. The quantitative estimate of drug-likeness (QED) is 0.210. The summed E-state index contributed by atoms with van der Waals surface area (Å²) in [6, 6.07) is 36.5. The van der Waals surface area contributed by atoms with Crippen molar-refractivity contribution in [1.29, 1.82) is 0 Å². The molecule has 0 saturated carbocycles. The smallest absolute Gasteiger partial charge is 0.338 e. The van der Waals surface area contributed by atoms with Gasteiger partial charge >= 0.3 is 17.9 Å². The molecule has 196 valence electrons. The Morgan fingerprint density at radius 3 is 1.32 bits per heavy atom. The number of hydrogen-bond acceptors (Lipinski definition) is 6. The van der Waals surface area contributed by atoms with Crippen molar-refractivity contribution >= 4 is 17.9 Å². The first kappa shape index (κ1) is 29.5. The molecule has 0 aromatic heterocycles. The molecular formula is C32H32O6. The molecule has 0 heterocycles. The van der Waals surface area contributed by atoms with E-state index < -0.39 is 0 Å². The Morgan fingerprint density at radius 1 is 0.553 bits per heavy atom.